The summed E-state index contributed by atoms with van der Waals surface area (Å²) in [6, 6.07) is 0. The summed E-state index contributed by atoms with van der Waals surface area (Å²) in [5, 5.41) is 6.54. The van der Waals surface area contributed by atoms with E-state index in [0.29, 0.717) is 30.5 Å². The van der Waals surface area contributed by atoms with Crippen LogP contribution in [0.25, 0.3) is 0 Å². The molecule has 1 heterocycles. The van der Waals surface area contributed by atoms with Gasteiger partial charge < -0.3 is 14.6 Å². The van der Waals surface area contributed by atoms with Crippen molar-refractivity contribution in [2.75, 3.05) is 13.7 Å². The molecule has 0 aliphatic carbocycles. The number of aromatic nitrogens is 1. The maximum absolute atomic E-state index is 11.7. The van der Waals surface area contributed by atoms with Gasteiger partial charge in [0.25, 0.3) is 5.91 Å². The molecule has 0 bridgehead atoms. The maximum Gasteiger partial charge on any atom is 0.273 e. The van der Waals surface area contributed by atoms with E-state index < -0.39 is 0 Å². The Kier molecular flexibility index (Phi) is 4.49. The molecule has 1 aromatic heterocycles. The Hall–Kier alpha value is -1.36. The number of carbonyl (C=O) groups excluding carboxylic acids is 1. The normalized spacial score (nSPS) is 10.8. The first kappa shape index (κ1) is 12.7. The predicted molar refractivity (Wildman–Crippen MR) is 59.1 cm³/mol. The van der Waals surface area contributed by atoms with Crippen LogP contribution in [0.2, 0.25) is 0 Å². The quantitative estimate of drug-likeness (QED) is 0.826. The monoisotopic (exact) mass is 226 g/mol. The molecule has 90 valence electrons. The van der Waals surface area contributed by atoms with Gasteiger partial charge in [-0.2, -0.15) is 0 Å². The number of rotatable bonds is 5. The number of nitrogens with one attached hydrogen (secondary N) is 1. The van der Waals surface area contributed by atoms with Crippen LogP contribution in [-0.4, -0.2) is 24.7 Å². The van der Waals surface area contributed by atoms with E-state index in [4.69, 9.17) is 9.26 Å². The fourth-order valence-corrected chi connectivity index (χ4v) is 1.23. The van der Waals surface area contributed by atoms with Gasteiger partial charge in [-0.1, -0.05) is 19.0 Å². The zero-order chi connectivity index (χ0) is 12.1. The molecule has 16 heavy (non-hydrogen) atoms. The van der Waals surface area contributed by atoms with Crippen molar-refractivity contribution in [1.82, 2.24) is 10.5 Å². The van der Waals surface area contributed by atoms with Crippen LogP contribution in [0.4, 0.5) is 0 Å². The lowest BCUT2D eigenvalue weighted by molar-refractivity contribution is 0.0938. The number of ether oxygens (including phenoxy) is 1. The molecule has 0 aliphatic heterocycles. The van der Waals surface area contributed by atoms with Gasteiger partial charge in [-0.3, -0.25) is 4.79 Å². The maximum atomic E-state index is 11.7. The van der Waals surface area contributed by atoms with Crippen LogP contribution in [0.15, 0.2) is 4.52 Å². The van der Waals surface area contributed by atoms with E-state index in [9.17, 15) is 4.79 Å². The first-order chi connectivity index (χ1) is 7.56. The van der Waals surface area contributed by atoms with E-state index in [1.165, 1.54) is 0 Å². The molecule has 0 saturated heterocycles. The van der Waals surface area contributed by atoms with Gasteiger partial charge in [-0.15, -0.1) is 0 Å². The Bertz CT molecular complexity index is 358. The van der Waals surface area contributed by atoms with E-state index in [1.807, 2.05) is 13.8 Å². The molecule has 0 spiro atoms. The van der Waals surface area contributed by atoms with Gasteiger partial charge in [0, 0.05) is 19.2 Å². The lowest BCUT2D eigenvalue weighted by Gasteiger charge is -2.05. The molecule has 1 N–H and O–H groups in total. The highest BCUT2D eigenvalue weighted by Crippen LogP contribution is 2.13. The standard InChI is InChI=1S/C11H18N2O3/c1-7(2)5-12-11(14)10-8(3)9(6-15-4)16-13-10/h7H,5-6H2,1-4H3,(H,12,14). The first-order valence-corrected chi connectivity index (χ1v) is 5.28. The molecule has 1 amide bonds. The molecular formula is C11H18N2O3. The van der Waals surface area contributed by atoms with Crippen molar-refractivity contribution in [3.8, 4) is 0 Å². The molecule has 1 aromatic rings. The van der Waals surface area contributed by atoms with Crippen molar-refractivity contribution in [1.29, 1.82) is 0 Å². The van der Waals surface area contributed by atoms with Crippen LogP contribution < -0.4 is 5.32 Å². The highest BCUT2D eigenvalue weighted by molar-refractivity contribution is 5.93. The Morgan fingerprint density at radius 3 is 2.81 bits per heavy atom. The number of hydrogen-bond acceptors (Lipinski definition) is 4. The third kappa shape index (κ3) is 3.06. The minimum Gasteiger partial charge on any atom is -0.377 e. The Morgan fingerprint density at radius 2 is 2.25 bits per heavy atom. The number of nitrogens with zero attached hydrogens (tertiary/aromatic N) is 1. The van der Waals surface area contributed by atoms with Crippen LogP contribution in [0.3, 0.4) is 0 Å². The molecule has 0 atom stereocenters. The summed E-state index contributed by atoms with van der Waals surface area (Å²) in [7, 11) is 1.57. The van der Waals surface area contributed by atoms with Crippen LogP contribution in [-0.2, 0) is 11.3 Å². The zero-order valence-corrected chi connectivity index (χ0v) is 10.2. The van der Waals surface area contributed by atoms with Gasteiger partial charge in [-0.05, 0) is 12.8 Å². The third-order valence-corrected chi connectivity index (χ3v) is 2.18. The highest BCUT2D eigenvalue weighted by atomic mass is 16.5. The van der Waals surface area contributed by atoms with E-state index in [-0.39, 0.29) is 5.91 Å². The van der Waals surface area contributed by atoms with E-state index in [2.05, 4.69) is 10.5 Å². The second-order valence-corrected chi connectivity index (χ2v) is 4.12. The van der Waals surface area contributed by atoms with Gasteiger partial charge in [0.1, 0.15) is 6.61 Å². The lowest BCUT2D eigenvalue weighted by atomic mass is 10.2. The van der Waals surface area contributed by atoms with Gasteiger partial charge in [0.05, 0.1) is 0 Å². The van der Waals surface area contributed by atoms with Crippen molar-refractivity contribution in [2.24, 2.45) is 5.92 Å². The van der Waals surface area contributed by atoms with Gasteiger partial charge >= 0.3 is 0 Å². The average molecular weight is 226 g/mol. The van der Waals surface area contributed by atoms with Crippen LogP contribution in [0.5, 0.6) is 0 Å². The third-order valence-electron chi connectivity index (χ3n) is 2.18. The summed E-state index contributed by atoms with van der Waals surface area (Å²) in [5.74, 6) is 0.809. The Morgan fingerprint density at radius 1 is 1.56 bits per heavy atom. The highest BCUT2D eigenvalue weighted by Gasteiger charge is 2.18. The number of methoxy groups -OCH3 is 1. The molecule has 5 nitrogen and oxygen atoms in total. The van der Waals surface area contributed by atoms with Gasteiger partial charge in [0.2, 0.25) is 0 Å². The van der Waals surface area contributed by atoms with Gasteiger partial charge in [-0.25, -0.2) is 0 Å². The number of carbonyl (C=O) groups is 1. The Labute approximate surface area is 95.1 Å². The van der Waals surface area contributed by atoms with Gasteiger partial charge in [0.15, 0.2) is 11.5 Å². The smallest absolute Gasteiger partial charge is 0.273 e. The molecule has 1 rings (SSSR count). The van der Waals surface area contributed by atoms with E-state index in [1.54, 1.807) is 14.0 Å². The fourth-order valence-electron chi connectivity index (χ4n) is 1.23. The summed E-state index contributed by atoms with van der Waals surface area (Å²) in [6.45, 7) is 6.83. The van der Waals surface area contributed by atoms with Crippen LogP contribution in [0.1, 0.15) is 35.7 Å². The molecule has 0 aromatic carbocycles. The molecule has 0 saturated carbocycles. The topological polar surface area (TPSA) is 64.4 Å². The SMILES string of the molecule is COCc1onc(C(=O)NCC(C)C)c1C. The zero-order valence-electron chi connectivity index (χ0n) is 10.2. The van der Waals surface area contributed by atoms with Crippen LogP contribution >= 0.6 is 0 Å². The fraction of sp³-hybridized carbons (Fsp3) is 0.636. The summed E-state index contributed by atoms with van der Waals surface area (Å²) >= 11 is 0. The molecule has 0 fully saturated rings. The molecular weight excluding hydrogens is 208 g/mol. The van der Waals surface area contributed by atoms with E-state index in [0.717, 1.165) is 5.56 Å². The molecule has 5 heteroatoms. The van der Waals surface area contributed by atoms with Crippen molar-refractivity contribution < 1.29 is 14.1 Å². The van der Waals surface area contributed by atoms with Crippen LogP contribution in [0, 0.1) is 12.8 Å². The van der Waals surface area contributed by atoms with Crippen molar-refractivity contribution >= 4 is 5.91 Å². The predicted octanol–water partition coefficient (Wildman–Crippen LogP) is 1.52. The average Bonchev–Trinajstić information content (AvgIpc) is 2.58. The summed E-state index contributed by atoms with van der Waals surface area (Å²) < 4.78 is 9.96. The number of hydrogen-bond donors (Lipinski definition) is 1. The molecule has 0 radical (unpaired) electrons. The molecule has 0 unspecified atom stereocenters. The number of amides is 1. The van der Waals surface area contributed by atoms with Crippen molar-refractivity contribution in [3.63, 3.8) is 0 Å². The van der Waals surface area contributed by atoms with Crippen molar-refractivity contribution in [2.45, 2.75) is 27.4 Å². The second kappa shape index (κ2) is 5.65. The largest absolute Gasteiger partial charge is 0.377 e. The first-order valence-electron chi connectivity index (χ1n) is 5.28. The minimum atomic E-state index is -0.197. The molecule has 0 aliphatic rings. The summed E-state index contributed by atoms with van der Waals surface area (Å²) in [6.07, 6.45) is 0. The summed E-state index contributed by atoms with van der Waals surface area (Å²) in [4.78, 5) is 11.7. The lowest BCUT2D eigenvalue weighted by Crippen LogP contribution is -2.28. The minimum absolute atomic E-state index is 0.197. The second-order valence-electron chi connectivity index (χ2n) is 4.12. The Balaban J connectivity index is 2.69. The van der Waals surface area contributed by atoms with Crippen molar-refractivity contribution in [3.05, 3.63) is 17.0 Å². The summed E-state index contributed by atoms with van der Waals surface area (Å²) in [5.41, 5.74) is 1.08. The van der Waals surface area contributed by atoms with E-state index >= 15 is 0 Å².